The van der Waals surface area contributed by atoms with E-state index in [4.69, 9.17) is 17.3 Å². The fraction of sp³-hybridized carbons (Fsp3) is 0.0667. The molecule has 0 atom stereocenters. The Morgan fingerprint density at radius 1 is 1.29 bits per heavy atom. The Morgan fingerprint density at radius 2 is 2.14 bits per heavy atom. The van der Waals surface area contributed by atoms with Crippen LogP contribution in [0.25, 0.3) is 16.3 Å². The summed E-state index contributed by atoms with van der Waals surface area (Å²) in [6.45, 7) is 4.32. The van der Waals surface area contributed by atoms with E-state index in [9.17, 15) is 0 Å². The van der Waals surface area contributed by atoms with Gasteiger partial charge in [0, 0.05) is 0 Å². The van der Waals surface area contributed by atoms with Gasteiger partial charge in [-0.15, -0.1) is 11.3 Å². The SMILES string of the molecule is C=Cc1ccc2sc(CNc3nc(Cl)ccc3N)nc2c1. The lowest BCUT2D eigenvalue weighted by molar-refractivity contribution is 1.09. The Hall–Kier alpha value is -2.11. The van der Waals surface area contributed by atoms with Gasteiger partial charge in [0.2, 0.25) is 0 Å². The van der Waals surface area contributed by atoms with Crippen molar-refractivity contribution in [2.45, 2.75) is 6.54 Å². The molecule has 0 bridgehead atoms. The molecule has 3 aromatic rings. The highest BCUT2D eigenvalue weighted by Gasteiger charge is 2.06. The van der Waals surface area contributed by atoms with Crippen LogP contribution in [0, 0.1) is 0 Å². The number of hydrogen-bond donors (Lipinski definition) is 2. The molecule has 0 unspecified atom stereocenters. The van der Waals surface area contributed by atoms with Gasteiger partial charge in [-0.1, -0.05) is 30.3 Å². The van der Waals surface area contributed by atoms with Gasteiger partial charge in [0.15, 0.2) is 5.82 Å². The van der Waals surface area contributed by atoms with Crippen LogP contribution >= 0.6 is 22.9 Å². The van der Waals surface area contributed by atoms with E-state index in [-0.39, 0.29) is 0 Å². The van der Waals surface area contributed by atoms with Crippen LogP contribution in [0.15, 0.2) is 36.9 Å². The average molecular weight is 317 g/mol. The number of nitrogens with zero attached hydrogens (tertiary/aromatic N) is 2. The number of hydrogen-bond acceptors (Lipinski definition) is 5. The molecule has 3 N–H and O–H groups in total. The van der Waals surface area contributed by atoms with Gasteiger partial charge in [-0.25, -0.2) is 9.97 Å². The van der Waals surface area contributed by atoms with Gasteiger partial charge in [0.25, 0.3) is 0 Å². The van der Waals surface area contributed by atoms with E-state index in [1.165, 1.54) is 0 Å². The minimum atomic E-state index is 0.409. The maximum Gasteiger partial charge on any atom is 0.151 e. The largest absolute Gasteiger partial charge is 0.396 e. The summed E-state index contributed by atoms with van der Waals surface area (Å²) in [6.07, 6.45) is 1.81. The molecule has 0 fully saturated rings. The van der Waals surface area contributed by atoms with E-state index in [0.29, 0.717) is 23.2 Å². The molecular weight excluding hydrogens is 304 g/mol. The van der Waals surface area contributed by atoms with Crippen LogP contribution < -0.4 is 11.1 Å². The Kier molecular flexibility index (Phi) is 3.77. The highest BCUT2D eigenvalue weighted by molar-refractivity contribution is 7.18. The quantitative estimate of drug-likeness (QED) is 0.709. The van der Waals surface area contributed by atoms with Crippen LogP contribution in [-0.2, 0) is 6.54 Å². The number of nitrogen functional groups attached to an aromatic ring is 1. The predicted molar refractivity (Wildman–Crippen MR) is 90.7 cm³/mol. The summed E-state index contributed by atoms with van der Waals surface area (Å²) in [7, 11) is 0. The predicted octanol–water partition coefficient (Wildman–Crippen LogP) is 4.18. The number of pyridine rings is 1. The summed E-state index contributed by atoms with van der Waals surface area (Å²) < 4.78 is 1.14. The molecule has 21 heavy (non-hydrogen) atoms. The van der Waals surface area contributed by atoms with Crippen LogP contribution in [0.2, 0.25) is 5.15 Å². The Labute approximate surface area is 131 Å². The highest BCUT2D eigenvalue weighted by atomic mass is 35.5. The van der Waals surface area contributed by atoms with E-state index in [0.717, 1.165) is 20.8 Å². The van der Waals surface area contributed by atoms with Gasteiger partial charge in [-0.2, -0.15) is 0 Å². The van der Waals surface area contributed by atoms with Crippen molar-refractivity contribution in [3.63, 3.8) is 0 Å². The zero-order valence-corrected chi connectivity index (χ0v) is 12.7. The summed E-state index contributed by atoms with van der Waals surface area (Å²) in [5, 5.41) is 4.54. The van der Waals surface area contributed by atoms with Gasteiger partial charge in [-0.05, 0) is 29.8 Å². The standard InChI is InChI=1S/C15H13ClN4S/c1-2-9-3-5-12-11(7-9)19-14(21-12)8-18-15-10(17)4-6-13(16)20-15/h2-7H,1,8,17H2,(H,18,20). The highest BCUT2D eigenvalue weighted by Crippen LogP contribution is 2.25. The fourth-order valence-electron chi connectivity index (χ4n) is 1.94. The number of fused-ring (bicyclic) bond motifs is 1. The molecule has 2 heterocycles. The normalized spacial score (nSPS) is 10.7. The molecule has 1 aromatic carbocycles. The molecule has 2 aromatic heterocycles. The maximum atomic E-state index is 5.87. The van der Waals surface area contributed by atoms with Gasteiger partial charge < -0.3 is 11.1 Å². The molecule has 106 valence electrons. The molecule has 6 heteroatoms. The van der Waals surface area contributed by atoms with E-state index in [2.05, 4.69) is 27.9 Å². The van der Waals surface area contributed by atoms with Gasteiger partial charge in [0.05, 0.1) is 22.4 Å². The lowest BCUT2D eigenvalue weighted by atomic mass is 10.2. The first-order chi connectivity index (χ1) is 10.2. The lowest BCUT2D eigenvalue weighted by Crippen LogP contribution is -2.04. The van der Waals surface area contributed by atoms with Crippen molar-refractivity contribution in [3.05, 3.63) is 52.6 Å². The first-order valence-electron chi connectivity index (χ1n) is 6.33. The first kappa shape index (κ1) is 13.9. The molecule has 0 saturated heterocycles. The minimum absolute atomic E-state index is 0.409. The summed E-state index contributed by atoms with van der Waals surface area (Å²) in [5.74, 6) is 0.577. The molecule has 0 radical (unpaired) electrons. The number of benzene rings is 1. The van der Waals surface area contributed by atoms with E-state index >= 15 is 0 Å². The molecule has 0 aliphatic carbocycles. The third-order valence-corrected chi connectivity index (χ3v) is 4.24. The van der Waals surface area contributed by atoms with Crippen molar-refractivity contribution in [1.82, 2.24) is 9.97 Å². The van der Waals surface area contributed by atoms with Crippen LogP contribution in [0.5, 0.6) is 0 Å². The second kappa shape index (κ2) is 5.71. The lowest BCUT2D eigenvalue weighted by Gasteiger charge is -2.06. The number of halogens is 1. The maximum absolute atomic E-state index is 5.87. The molecule has 0 spiro atoms. The molecule has 3 rings (SSSR count). The molecule has 0 aliphatic rings. The van der Waals surface area contributed by atoms with Crippen molar-refractivity contribution in [1.29, 1.82) is 0 Å². The van der Waals surface area contributed by atoms with Crippen molar-refractivity contribution in [2.75, 3.05) is 11.1 Å². The third kappa shape index (κ3) is 2.99. The second-order valence-corrected chi connectivity index (χ2v) is 5.97. The van der Waals surface area contributed by atoms with Crippen molar-refractivity contribution in [2.24, 2.45) is 0 Å². The number of nitrogens with two attached hydrogens (primary N) is 1. The van der Waals surface area contributed by atoms with E-state index in [1.54, 1.807) is 23.5 Å². The second-order valence-electron chi connectivity index (χ2n) is 4.46. The summed E-state index contributed by atoms with van der Waals surface area (Å²) in [5.41, 5.74) is 8.46. The number of anilines is 2. The zero-order chi connectivity index (χ0) is 14.8. The topological polar surface area (TPSA) is 63.8 Å². The Balaban J connectivity index is 1.81. The van der Waals surface area contributed by atoms with E-state index in [1.807, 2.05) is 18.2 Å². The van der Waals surface area contributed by atoms with Gasteiger partial charge in [-0.3, -0.25) is 0 Å². The molecule has 4 nitrogen and oxygen atoms in total. The molecule has 0 saturated carbocycles. The third-order valence-electron chi connectivity index (χ3n) is 2.99. The molecule has 0 aliphatic heterocycles. The van der Waals surface area contributed by atoms with Crippen LogP contribution in [0.3, 0.4) is 0 Å². The Bertz CT molecular complexity index is 813. The number of nitrogens with one attached hydrogen (secondary N) is 1. The summed E-state index contributed by atoms with van der Waals surface area (Å²) in [6, 6.07) is 9.50. The number of aromatic nitrogens is 2. The van der Waals surface area contributed by atoms with Gasteiger partial charge in [0.1, 0.15) is 10.2 Å². The fourth-order valence-corrected chi connectivity index (χ4v) is 2.98. The zero-order valence-electron chi connectivity index (χ0n) is 11.1. The first-order valence-corrected chi connectivity index (χ1v) is 7.53. The van der Waals surface area contributed by atoms with Gasteiger partial charge >= 0.3 is 0 Å². The molecular formula is C15H13ClN4S. The minimum Gasteiger partial charge on any atom is -0.396 e. The van der Waals surface area contributed by atoms with Crippen molar-refractivity contribution < 1.29 is 0 Å². The summed E-state index contributed by atoms with van der Waals surface area (Å²) >= 11 is 7.50. The van der Waals surface area contributed by atoms with Crippen molar-refractivity contribution >= 4 is 50.7 Å². The monoisotopic (exact) mass is 316 g/mol. The number of thiazole rings is 1. The smallest absolute Gasteiger partial charge is 0.151 e. The van der Waals surface area contributed by atoms with Crippen LogP contribution in [0.1, 0.15) is 10.6 Å². The molecule has 0 amide bonds. The van der Waals surface area contributed by atoms with Crippen LogP contribution in [0.4, 0.5) is 11.5 Å². The average Bonchev–Trinajstić information content (AvgIpc) is 2.89. The summed E-state index contributed by atoms with van der Waals surface area (Å²) in [4.78, 5) is 8.76. The number of rotatable bonds is 4. The van der Waals surface area contributed by atoms with Crippen LogP contribution in [-0.4, -0.2) is 9.97 Å². The van der Waals surface area contributed by atoms with Crippen molar-refractivity contribution in [3.8, 4) is 0 Å². The Morgan fingerprint density at radius 3 is 2.95 bits per heavy atom. The van der Waals surface area contributed by atoms with E-state index < -0.39 is 0 Å².